The molecule has 0 spiro atoms. The predicted molar refractivity (Wildman–Crippen MR) is 120 cm³/mol. The lowest BCUT2D eigenvalue weighted by Gasteiger charge is -2.35. The molecule has 0 bridgehead atoms. The molecule has 2 aromatic carbocycles. The van der Waals surface area contributed by atoms with Crippen molar-refractivity contribution in [3.05, 3.63) is 48.0 Å². The molecular formula is C24H30N2O7. The van der Waals surface area contributed by atoms with Crippen molar-refractivity contribution in [3.63, 3.8) is 0 Å². The standard InChI is InChI=1S/C24H30N2O7/c1-17(28)25-9-11-26(12-10-25)18-3-6-20(7-4-18)30-14-21-15-32-24(2,33-21)22-8-5-19(29)13-23(22)31-16-27/h3-8,13,21,27,29H,9-12,14-16H2,1-2H3. The quantitative estimate of drug-likeness (QED) is 0.608. The van der Waals surface area contributed by atoms with Gasteiger partial charge in [-0.15, -0.1) is 0 Å². The third-order valence-electron chi connectivity index (χ3n) is 5.97. The Labute approximate surface area is 193 Å². The molecule has 9 heteroatoms. The van der Waals surface area contributed by atoms with E-state index in [1.807, 2.05) is 29.2 Å². The van der Waals surface area contributed by atoms with Crippen LogP contribution in [0.3, 0.4) is 0 Å². The van der Waals surface area contributed by atoms with Crippen molar-refractivity contribution < 1.29 is 34.0 Å². The van der Waals surface area contributed by atoms with Gasteiger partial charge in [-0.05, 0) is 43.3 Å². The fourth-order valence-electron chi connectivity index (χ4n) is 4.16. The van der Waals surface area contributed by atoms with Crippen LogP contribution in [-0.4, -0.2) is 73.3 Å². The molecule has 0 saturated carbocycles. The summed E-state index contributed by atoms with van der Waals surface area (Å²) in [5.41, 5.74) is 1.67. The van der Waals surface area contributed by atoms with Crippen molar-refractivity contribution in [2.45, 2.75) is 25.7 Å². The normalized spacial score (nSPS) is 22.9. The van der Waals surface area contributed by atoms with E-state index in [2.05, 4.69) is 4.90 Å². The van der Waals surface area contributed by atoms with Crippen LogP contribution >= 0.6 is 0 Å². The van der Waals surface area contributed by atoms with Crippen molar-refractivity contribution in [2.75, 3.05) is 51.1 Å². The molecule has 2 saturated heterocycles. The molecule has 33 heavy (non-hydrogen) atoms. The van der Waals surface area contributed by atoms with E-state index in [1.54, 1.807) is 19.9 Å². The number of hydrogen-bond acceptors (Lipinski definition) is 8. The van der Waals surface area contributed by atoms with Crippen LogP contribution in [-0.2, 0) is 20.1 Å². The van der Waals surface area contributed by atoms with E-state index >= 15 is 0 Å². The zero-order valence-electron chi connectivity index (χ0n) is 18.9. The van der Waals surface area contributed by atoms with Crippen molar-refractivity contribution in [1.82, 2.24) is 4.90 Å². The van der Waals surface area contributed by atoms with Gasteiger partial charge in [0.1, 0.15) is 30.0 Å². The second kappa shape index (κ2) is 9.86. The van der Waals surface area contributed by atoms with E-state index in [0.29, 0.717) is 24.5 Å². The number of ether oxygens (including phenoxy) is 4. The Balaban J connectivity index is 1.31. The molecule has 4 rings (SSSR count). The minimum Gasteiger partial charge on any atom is -0.508 e. The second-order valence-corrected chi connectivity index (χ2v) is 8.25. The van der Waals surface area contributed by atoms with E-state index in [4.69, 9.17) is 24.1 Å². The molecule has 178 valence electrons. The van der Waals surface area contributed by atoms with Crippen LogP contribution in [0, 0.1) is 0 Å². The highest BCUT2D eigenvalue weighted by Gasteiger charge is 2.41. The fraction of sp³-hybridized carbons (Fsp3) is 0.458. The van der Waals surface area contributed by atoms with Crippen LogP contribution in [0.25, 0.3) is 0 Å². The molecule has 2 aromatic rings. The number of aliphatic hydroxyl groups is 1. The molecule has 0 aliphatic carbocycles. The van der Waals surface area contributed by atoms with Gasteiger partial charge in [-0.25, -0.2) is 0 Å². The maximum absolute atomic E-state index is 11.5. The monoisotopic (exact) mass is 458 g/mol. The summed E-state index contributed by atoms with van der Waals surface area (Å²) in [6.45, 7) is 6.57. The molecule has 0 aromatic heterocycles. The number of rotatable bonds is 7. The molecule has 9 nitrogen and oxygen atoms in total. The molecule has 2 heterocycles. The van der Waals surface area contributed by atoms with Gasteiger partial charge in [0.15, 0.2) is 12.6 Å². The zero-order valence-corrected chi connectivity index (χ0v) is 18.9. The van der Waals surface area contributed by atoms with Gasteiger partial charge in [-0.2, -0.15) is 0 Å². The van der Waals surface area contributed by atoms with E-state index in [-0.39, 0.29) is 17.8 Å². The summed E-state index contributed by atoms with van der Waals surface area (Å²) in [5, 5.41) is 18.8. The number of phenols is 1. The molecule has 2 atom stereocenters. The number of carbonyl (C=O) groups excluding carboxylic acids is 1. The largest absolute Gasteiger partial charge is 0.508 e. The van der Waals surface area contributed by atoms with Crippen molar-refractivity contribution in [2.24, 2.45) is 0 Å². The minimum atomic E-state index is -1.09. The Morgan fingerprint density at radius 3 is 2.52 bits per heavy atom. The van der Waals surface area contributed by atoms with E-state index in [0.717, 1.165) is 37.6 Å². The van der Waals surface area contributed by atoms with E-state index < -0.39 is 12.6 Å². The number of benzene rings is 2. The van der Waals surface area contributed by atoms with Gasteiger partial charge in [0.2, 0.25) is 5.91 Å². The molecule has 0 radical (unpaired) electrons. The molecule has 2 N–H and O–H groups in total. The summed E-state index contributed by atoms with van der Waals surface area (Å²) < 4.78 is 23.1. The molecule has 1 amide bonds. The Morgan fingerprint density at radius 2 is 1.85 bits per heavy atom. The first-order valence-corrected chi connectivity index (χ1v) is 11.0. The summed E-state index contributed by atoms with van der Waals surface area (Å²) in [4.78, 5) is 15.6. The average molecular weight is 459 g/mol. The third kappa shape index (κ3) is 5.32. The Kier molecular flexibility index (Phi) is 6.92. The van der Waals surface area contributed by atoms with E-state index in [1.165, 1.54) is 12.1 Å². The van der Waals surface area contributed by atoms with Gasteiger partial charge < -0.3 is 39.0 Å². The van der Waals surface area contributed by atoms with Crippen LogP contribution in [0.1, 0.15) is 19.4 Å². The first kappa shape index (κ1) is 23.2. The Morgan fingerprint density at radius 1 is 1.12 bits per heavy atom. The number of anilines is 1. The number of aliphatic hydroxyl groups excluding tert-OH is 1. The van der Waals surface area contributed by atoms with Gasteiger partial charge in [0.05, 0.1) is 12.2 Å². The number of phenolic OH excluding ortho intramolecular Hbond substituents is 1. The first-order valence-electron chi connectivity index (χ1n) is 11.0. The molecule has 2 aliphatic heterocycles. The van der Waals surface area contributed by atoms with Crippen molar-refractivity contribution in [3.8, 4) is 17.2 Å². The fourth-order valence-corrected chi connectivity index (χ4v) is 4.16. The third-order valence-corrected chi connectivity index (χ3v) is 5.97. The van der Waals surface area contributed by atoms with Gasteiger partial charge in [0.25, 0.3) is 0 Å². The van der Waals surface area contributed by atoms with Gasteiger partial charge in [0, 0.05) is 44.9 Å². The summed E-state index contributed by atoms with van der Waals surface area (Å²) >= 11 is 0. The Bertz CT molecular complexity index is 960. The predicted octanol–water partition coefficient (Wildman–Crippen LogP) is 2.06. The second-order valence-electron chi connectivity index (χ2n) is 8.25. The van der Waals surface area contributed by atoms with Gasteiger partial charge in [-0.3, -0.25) is 4.79 Å². The summed E-state index contributed by atoms with van der Waals surface area (Å²) in [7, 11) is 0. The maximum atomic E-state index is 11.5. The molecule has 2 fully saturated rings. The number of nitrogens with zero attached hydrogens (tertiary/aromatic N) is 2. The number of carbonyl (C=O) groups is 1. The number of hydrogen-bond donors (Lipinski definition) is 2. The number of aromatic hydroxyl groups is 1. The van der Waals surface area contributed by atoms with E-state index in [9.17, 15) is 9.90 Å². The summed E-state index contributed by atoms with van der Waals surface area (Å²) in [5.74, 6) is 0.0783. The number of amides is 1. The van der Waals surface area contributed by atoms with Crippen LogP contribution in [0.5, 0.6) is 17.2 Å². The SMILES string of the molecule is CC(=O)N1CCN(c2ccc(OCC3COC(C)(c4ccc(O)cc4OCO)O3)cc2)CC1. The highest BCUT2D eigenvalue weighted by atomic mass is 16.8. The van der Waals surface area contributed by atoms with Crippen LogP contribution < -0.4 is 14.4 Å². The molecule has 2 aliphatic rings. The lowest BCUT2D eigenvalue weighted by atomic mass is 10.1. The average Bonchev–Trinajstić information content (AvgIpc) is 3.20. The lowest BCUT2D eigenvalue weighted by molar-refractivity contribution is -0.165. The van der Waals surface area contributed by atoms with Gasteiger partial charge >= 0.3 is 0 Å². The van der Waals surface area contributed by atoms with Crippen LogP contribution in [0.4, 0.5) is 5.69 Å². The first-order chi connectivity index (χ1) is 15.9. The van der Waals surface area contributed by atoms with Crippen LogP contribution in [0.2, 0.25) is 0 Å². The van der Waals surface area contributed by atoms with Crippen LogP contribution in [0.15, 0.2) is 42.5 Å². The topological polar surface area (TPSA) is 101 Å². The lowest BCUT2D eigenvalue weighted by Crippen LogP contribution is -2.48. The maximum Gasteiger partial charge on any atom is 0.219 e. The molecule has 2 unspecified atom stereocenters. The van der Waals surface area contributed by atoms with Gasteiger partial charge in [-0.1, -0.05) is 0 Å². The summed E-state index contributed by atoms with van der Waals surface area (Å²) in [6.07, 6.45) is -0.301. The smallest absolute Gasteiger partial charge is 0.219 e. The highest BCUT2D eigenvalue weighted by molar-refractivity contribution is 5.73. The van der Waals surface area contributed by atoms with Crippen molar-refractivity contribution >= 4 is 11.6 Å². The Hall–Kier alpha value is -3.01. The highest BCUT2D eigenvalue weighted by Crippen LogP contribution is 2.40. The van der Waals surface area contributed by atoms with Crippen molar-refractivity contribution in [1.29, 1.82) is 0 Å². The number of piperazine rings is 1. The molecular weight excluding hydrogens is 428 g/mol. The minimum absolute atomic E-state index is 0.0212. The summed E-state index contributed by atoms with van der Waals surface area (Å²) in [6, 6.07) is 12.5. The zero-order chi connectivity index (χ0) is 23.4.